The maximum Gasteiger partial charge on any atom is 0.142 e. The molecule has 0 aromatic carbocycles. The van der Waals surface area contributed by atoms with E-state index >= 15 is 0 Å². The minimum atomic E-state index is 0.0638. The van der Waals surface area contributed by atoms with E-state index in [1.165, 1.54) is 11.8 Å². The molecule has 1 rings (SSSR count). The average Bonchev–Trinajstić information content (AvgIpc) is 2.34. The van der Waals surface area contributed by atoms with Gasteiger partial charge in [-0.05, 0) is 19.8 Å². The molecular weight excluding hydrogens is 146 g/mol. The van der Waals surface area contributed by atoms with Crippen LogP contribution in [0.1, 0.15) is 19.8 Å². The summed E-state index contributed by atoms with van der Waals surface area (Å²) in [5.41, 5.74) is 0. The predicted molar refractivity (Wildman–Crippen MR) is 40.7 cm³/mol. The van der Waals surface area contributed by atoms with E-state index in [1.54, 1.807) is 6.92 Å². The number of Topliss-reactive ketones (excluding diaryl/α,β-unsaturated/α-hetero) is 1. The molecule has 1 aliphatic heterocycles. The normalized spacial score (nSPS) is 31.6. The lowest BCUT2D eigenvalue weighted by Gasteiger charge is -2.00. The van der Waals surface area contributed by atoms with Gasteiger partial charge in [0.25, 0.3) is 0 Å². The van der Waals surface area contributed by atoms with Gasteiger partial charge < -0.3 is 0 Å². The van der Waals surface area contributed by atoms with E-state index in [-0.39, 0.29) is 16.3 Å². The van der Waals surface area contributed by atoms with Crippen LogP contribution >= 0.6 is 11.8 Å². The molecule has 1 aliphatic rings. The fourth-order valence-electron chi connectivity index (χ4n) is 1.03. The summed E-state index contributed by atoms with van der Waals surface area (Å²) in [5.74, 6) is 0.211. The van der Waals surface area contributed by atoms with Crippen molar-refractivity contribution < 1.29 is 4.79 Å². The summed E-state index contributed by atoms with van der Waals surface area (Å²) in [4.78, 5) is 10.8. The summed E-state index contributed by atoms with van der Waals surface area (Å²) in [6.07, 6.45) is 1.77. The van der Waals surface area contributed by atoms with Crippen molar-refractivity contribution in [1.29, 1.82) is 5.26 Å². The molecule has 0 spiro atoms. The van der Waals surface area contributed by atoms with Crippen LogP contribution in [0.25, 0.3) is 0 Å². The molecule has 0 bridgehead atoms. The van der Waals surface area contributed by atoms with Crippen molar-refractivity contribution in [2.24, 2.45) is 0 Å². The molecule has 0 aromatic heterocycles. The summed E-state index contributed by atoms with van der Waals surface area (Å²) in [6, 6.07) is 2.16. The first kappa shape index (κ1) is 7.62. The minimum Gasteiger partial charge on any atom is -0.299 e. The fraction of sp³-hybridized carbons (Fsp3) is 0.714. The van der Waals surface area contributed by atoms with E-state index < -0.39 is 0 Å². The second-order valence-corrected chi connectivity index (χ2v) is 3.84. The van der Waals surface area contributed by atoms with Crippen LogP contribution in [0.4, 0.5) is 0 Å². The standard InChI is InChI=1S/C7H9NOS/c1-5(9)7-3-2-6(4-8)10-7/h6-7H,2-3H2,1H3/t6-,7-/m0/s1. The zero-order valence-corrected chi connectivity index (χ0v) is 6.65. The molecule has 1 fully saturated rings. The van der Waals surface area contributed by atoms with Crippen molar-refractivity contribution in [2.45, 2.75) is 30.3 Å². The molecule has 2 atom stereocenters. The van der Waals surface area contributed by atoms with Gasteiger partial charge in [0.2, 0.25) is 0 Å². The first-order valence-electron chi connectivity index (χ1n) is 3.29. The van der Waals surface area contributed by atoms with Crippen molar-refractivity contribution in [3.63, 3.8) is 0 Å². The highest BCUT2D eigenvalue weighted by Gasteiger charge is 2.27. The molecule has 10 heavy (non-hydrogen) atoms. The molecular formula is C7H9NOS. The highest BCUT2D eigenvalue weighted by atomic mass is 32.2. The van der Waals surface area contributed by atoms with E-state index in [4.69, 9.17) is 5.26 Å². The molecule has 1 heterocycles. The van der Waals surface area contributed by atoms with Crippen LogP contribution in [0.15, 0.2) is 0 Å². The molecule has 2 nitrogen and oxygen atoms in total. The van der Waals surface area contributed by atoms with Gasteiger partial charge in [-0.2, -0.15) is 5.26 Å². The number of carbonyl (C=O) groups excluding carboxylic acids is 1. The van der Waals surface area contributed by atoms with E-state index in [0.717, 1.165) is 12.8 Å². The fourth-order valence-corrected chi connectivity index (χ4v) is 2.22. The molecule has 1 saturated heterocycles. The smallest absolute Gasteiger partial charge is 0.142 e. The van der Waals surface area contributed by atoms with Gasteiger partial charge in [-0.3, -0.25) is 4.79 Å². The van der Waals surface area contributed by atoms with Crippen molar-refractivity contribution in [3.05, 3.63) is 0 Å². The molecule has 0 unspecified atom stereocenters. The Morgan fingerprint density at radius 1 is 1.70 bits per heavy atom. The number of hydrogen-bond acceptors (Lipinski definition) is 3. The molecule has 0 aromatic rings. The second-order valence-electron chi connectivity index (χ2n) is 2.43. The Labute approximate surface area is 64.6 Å². The van der Waals surface area contributed by atoms with Gasteiger partial charge in [0.05, 0.1) is 16.6 Å². The Morgan fingerprint density at radius 2 is 2.40 bits per heavy atom. The van der Waals surface area contributed by atoms with Crippen molar-refractivity contribution >= 4 is 17.5 Å². The first-order valence-corrected chi connectivity index (χ1v) is 4.24. The average molecular weight is 155 g/mol. The number of carbonyl (C=O) groups is 1. The molecule has 0 aliphatic carbocycles. The zero-order chi connectivity index (χ0) is 7.56. The lowest BCUT2D eigenvalue weighted by molar-refractivity contribution is -0.116. The Balaban J connectivity index is 2.45. The molecule has 0 N–H and O–H groups in total. The second kappa shape index (κ2) is 3.07. The number of nitrogens with zero attached hydrogens (tertiary/aromatic N) is 1. The van der Waals surface area contributed by atoms with Crippen LogP contribution in [0.2, 0.25) is 0 Å². The Kier molecular flexibility index (Phi) is 2.34. The van der Waals surface area contributed by atoms with E-state index in [1.807, 2.05) is 0 Å². The quantitative estimate of drug-likeness (QED) is 0.574. The first-order chi connectivity index (χ1) is 4.74. The molecule has 0 radical (unpaired) electrons. The van der Waals surface area contributed by atoms with Gasteiger partial charge in [0.15, 0.2) is 0 Å². The van der Waals surface area contributed by atoms with Crippen LogP contribution in [0.3, 0.4) is 0 Å². The zero-order valence-electron chi connectivity index (χ0n) is 5.83. The number of rotatable bonds is 1. The monoisotopic (exact) mass is 155 g/mol. The van der Waals surface area contributed by atoms with Crippen LogP contribution in [-0.2, 0) is 4.79 Å². The van der Waals surface area contributed by atoms with Crippen molar-refractivity contribution in [3.8, 4) is 6.07 Å². The highest BCUT2D eigenvalue weighted by Crippen LogP contribution is 2.33. The van der Waals surface area contributed by atoms with Gasteiger partial charge >= 0.3 is 0 Å². The largest absolute Gasteiger partial charge is 0.299 e. The third-order valence-corrected chi connectivity index (χ3v) is 3.18. The van der Waals surface area contributed by atoms with Gasteiger partial charge in [0.1, 0.15) is 5.78 Å². The van der Waals surface area contributed by atoms with E-state index in [2.05, 4.69) is 6.07 Å². The Bertz CT molecular complexity index is 185. The molecule has 0 amide bonds. The van der Waals surface area contributed by atoms with E-state index in [9.17, 15) is 4.79 Å². The van der Waals surface area contributed by atoms with Crippen molar-refractivity contribution in [1.82, 2.24) is 0 Å². The van der Waals surface area contributed by atoms with Crippen LogP contribution in [0.5, 0.6) is 0 Å². The SMILES string of the molecule is CC(=O)[C@@H]1CC[C@@H](C#N)S1. The van der Waals surface area contributed by atoms with E-state index in [0.29, 0.717) is 0 Å². The molecule has 0 saturated carbocycles. The third-order valence-electron chi connectivity index (χ3n) is 1.62. The van der Waals surface area contributed by atoms with Crippen LogP contribution in [-0.4, -0.2) is 16.3 Å². The van der Waals surface area contributed by atoms with Gasteiger partial charge in [-0.25, -0.2) is 0 Å². The summed E-state index contributed by atoms with van der Waals surface area (Å²) >= 11 is 1.51. The lowest BCUT2D eigenvalue weighted by atomic mass is 10.1. The number of ketones is 1. The highest BCUT2D eigenvalue weighted by molar-refractivity contribution is 8.01. The molecule has 54 valence electrons. The van der Waals surface area contributed by atoms with Gasteiger partial charge in [-0.15, -0.1) is 11.8 Å². The maximum absolute atomic E-state index is 10.8. The summed E-state index contributed by atoms with van der Waals surface area (Å²) in [6.45, 7) is 1.59. The lowest BCUT2D eigenvalue weighted by Crippen LogP contribution is -2.08. The number of hydrogen-bond donors (Lipinski definition) is 0. The summed E-state index contributed by atoms with van der Waals surface area (Å²) in [7, 11) is 0. The predicted octanol–water partition coefficient (Wildman–Crippen LogP) is 1.36. The van der Waals surface area contributed by atoms with Gasteiger partial charge in [-0.1, -0.05) is 0 Å². The maximum atomic E-state index is 10.8. The molecule has 3 heteroatoms. The topological polar surface area (TPSA) is 40.9 Å². The number of nitriles is 1. The number of thioether (sulfide) groups is 1. The minimum absolute atomic E-state index is 0.0638. The summed E-state index contributed by atoms with van der Waals surface area (Å²) < 4.78 is 0. The summed E-state index contributed by atoms with van der Waals surface area (Å²) in [5, 5.41) is 8.65. The van der Waals surface area contributed by atoms with Crippen LogP contribution in [0, 0.1) is 11.3 Å². The Hall–Kier alpha value is -0.490. The van der Waals surface area contributed by atoms with Crippen molar-refractivity contribution in [2.75, 3.05) is 0 Å². The van der Waals surface area contributed by atoms with Gasteiger partial charge in [0, 0.05) is 0 Å². The third kappa shape index (κ3) is 1.51. The Morgan fingerprint density at radius 3 is 2.70 bits per heavy atom. The van der Waals surface area contributed by atoms with Crippen LogP contribution < -0.4 is 0 Å².